The maximum absolute atomic E-state index is 9.91. The molecule has 0 amide bonds. The molecule has 0 radical (unpaired) electrons. The third kappa shape index (κ3) is 6.46. The van der Waals surface area contributed by atoms with Gasteiger partial charge in [0.05, 0.1) is 6.61 Å². The summed E-state index contributed by atoms with van der Waals surface area (Å²) in [7, 11) is 0. The second kappa shape index (κ2) is 11.2. The van der Waals surface area contributed by atoms with E-state index in [9.17, 15) is 10.2 Å². The number of phenols is 1. The molecule has 0 spiro atoms. The van der Waals surface area contributed by atoms with Crippen molar-refractivity contribution < 1.29 is 14.9 Å². The van der Waals surface area contributed by atoms with E-state index in [0.29, 0.717) is 18.4 Å². The van der Waals surface area contributed by atoms with Crippen LogP contribution in [-0.4, -0.2) is 65.4 Å². The third-order valence-electron chi connectivity index (χ3n) is 5.63. The molecule has 2 N–H and O–H groups in total. The lowest BCUT2D eigenvalue weighted by molar-refractivity contribution is 0.0546. The fourth-order valence-electron chi connectivity index (χ4n) is 4.14. The molecule has 29 heavy (non-hydrogen) atoms. The number of aliphatic hydroxyl groups excluding tert-OH is 1. The van der Waals surface area contributed by atoms with Crippen LogP contribution in [0.1, 0.15) is 30.9 Å². The van der Waals surface area contributed by atoms with Gasteiger partial charge in [-0.3, -0.25) is 9.80 Å². The van der Waals surface area contributed by atoms with Crippen molar-refractivity contribution in [2.24, 2.45) is 0 Å². The summed E-state index contributed by atoms with van der Waals surface area (Å²) in [5, 5.41) is 19.5. The zero-order valence-corrected chi connectivity index (χ0v) is 17.5. The number of rotatable bonds is 10. The molecule has 1 atom stereocenters. The summed E-state index contributed by atoms with van der Waals surface area (Å²) in [6.07, 6.45) is 3.05. The average molecular weight is 399 g/mol. The molecule has 0 saturated carbocycles. The van der Waals surface area contributed by atoms with Gasteiger partial charge in [0.15, 0.2) is 11.5 Å². The van der Waals surface area contributed by atoms with Gasteiger partial charge in [0.2, 0.25) is 0 Å². The van der Waals surface area contributed by atoms with Gasteiger partial charge in [-0.2, -0.15) is 0 Å². The highest BCUT2D eigenvalue weighted by Crippen LogP contribution is 2.28. The summed E-state index contributed by atoms with van der Waals surface area (Å²) in [6, 6.07) is 16.6. The number of aliphatic hydroxyl groups is 1. The summed E-state index contributed by atoms with van der Waals surface area (Å²) in [5.41, 5.74) is 2.54. The van der Waals surface area contributed by atoms with Gasteiger partial charge in [-0.15, -0.1) is 0 Å². The van der Waals surface area contributed by atoms with E-state index in [1.807, 2.05) is 19.1 Å². The minimum atomic E-state index is 0.192. The quantitative estimate of drug-likeness (QED) is 0.643. The second-order valence-electron chi connectivity index (χ2n) is 7.76. The van der Waals surface area contributed by atoms with Crippen molar-refractivity contribution in [3.05, 3.63) is 59.7 Å². The number of nitrogens with zero attached hydrogens (tertiary/aromatic N) is 2. The fraction of sp³-hybridized carbons (Fsp3) is 0.500. The zero-order valence-electron chi connectivity index (χ0n) is 17.5. The molecular weight excluding hydrogens is 364 g/mol. The largest absolute Gasteiger partial charge is 0.504 e. The zero-order chi connectivity index (χ0) is 20.5. The molecule has 5 nitrogen and oxygen atoms in total. The molecule has 2 aromatic carbocycles. The van der Waals surface area contributed by atoms with Gasteiger partial charge in [-0.25, -0.2) is 0 Å². The maximum Gasteiger partial charge on any atom is 0.161 e. The first-order valence-corrected chi connectivity index (χ1v) is 10.8. The first-order chi connectivity index (χ1) is 14.2. The molecule has 0 aromatic heterocycles. The van der Waals surface area contributed by atoms with Crippen LogP contribution in [0.2, 0.25) is 0 Å². The van der Waals surface area contributed by atoms with E-state index in [1.54, 1.807) is 6.07 Å². The van der Waals surface area contributed by atoms with Crippen LogP contribution in [0.25, 0.3) is 0 Å². The van der Waals surface area contributed by atoms with Crippen molar-refractivity contribution in [1.29, 1.82) is 0 Å². The van der Waals surface area contributed by atoms with Crippen molar-refractivity contribution in [2.45, 2.75) is 38.8 Å². The van der Waals surface area contributed by atoms with E-state index < -0.39 is 0 Å². The molecule has 1 aliphatic rings. The highest BCUT2D eigenvalue weighted by Gasteiger charge is 2.26. The van der Waals surface area contributed by atoms with Gasteiger partial charge < -0.3 is 14.9 Å². The molecule has 1 fully saturated rings. The molecular formula is C24H34N2O3. The van der Waals surface area contributed by atoms with Crippen LogP contribution in [0.4, 0.5) is 0 Å². The van der Waals surface area contributed by atoms with Crippen molar-refractivity contribution in [2.75, 3.05) is 39.4 Å². The van der Waals surface area contributed by atoms with E-state index in [2.05, 4.69) is 40.1 Å². The Labute approximate surface area is 174 Å². The fourth-order valence-corrected chi connectivity index (χ4v) is 4.14. The van der Waals surface area contributed by atoms with E-state index in [-0.39, 0.29) is 12.4 Å². The van der Waals surface area contributed by atoms with Crippen LogP contribution in [0.3, 0.4) is 0 Å². The number of ether oxygens (including phenoxy) is 1. The van der Waals surface area contributed by atoms with Crippen LogP contribution >= 0.6 is 0 Å². The summed E-state index contributed by atoms with van der Waals surface area (Å²) < 4.78 is 5.51. The number of benzene rings is 2. The lowest BCUT2D eigenvalue weighted by atomic mass is 10.1. The number of piperazine rings is 1. The van der Waals surface area contributed by atoms with Gasteiger partial charge >= 0.3 is 0 Å². The Morgan fingerprint density at radius 2 is 1.90 bits per heavy atom. The van der Waals surface area contributed by atoms with Gasteiger partial charge in [0.25, 0.3) is 0 Å². The SMILES string of the molecule is CCOc1cc(CN2CCN(CCCc3ccccc3)[C@@H](CCO)C2)ccc1O. The highest BCUT2D eigenvalue weighted by atomic mass is 16.5. The number of aryl methyl sites for hydroxylation is 1. The molecule has 158 valence electrons. The van der Waals surface area contributed by atoms with E-state index in [0.717, 1.165) is 57.5 Å². The lowest BCUT2D eigenvalue weighted by Gasteiger charge is -2.41. The van der Waals surface area contributed by atoms with E-state index >= 15 is 0 Å². The second-order valence-corrected chi connectivity index (χ2v) is 7.76. The van der Waals surface area contributed by atoms with Crippen molar-refractivity contribution in [3.63, 3.8) is 0 Å². The summed E-state index contributed by atoms with van der Waals surface area (Å²) in [5.74, 6) is 0.744. The Morgan fingerprint density at radius 3 is 2.66 bits per heavy atom. The minimum absolute atomic E-state index is 0.192. The van der Waals surface area contributed by atoms with Crippen LogP contribution in [0.5, 0.6) is 11.5 Å². The predicted molar refractivity (Wildman–Crippen MR) is 116 cm³/mol. The van der Waals surface area contributed by atoms with Crippen LogP contribution in [0.15, 0.2) is 48.5 Å². The summed E-state index contributed by atoms with van der Waals surface area (Å²) in [6.45, 7) is 7.58. The lowest BCUT2D eigenvalue weighted by Crippen LogP contribution is -2.53. The van der Waals surface area contributed by atoms with E-state index in [4.69, 9.17) is 4.74 Å². The molecule has 5 heteroatoms. The predicted octanol–water partition coefficient (Wildman–Crippen LogP) is 3.29. The monoisotopic (exact) mass is 398 g/mol. The molecule has 2 aromatic rings. The molecule has 3 rings (SSSR count). The maximum atomic E-state index is 9.91. The third-order valence-corrected chi connectivity index (χ3v) is 5.63. The van der Waals surface area contributed by atoms with Crippen LogP contribution < -0.4 is 4.74 Å². The first-order valence-electron chi connectivity index (χ1n) is 10.8. The molecule has 1 heterocycles. The normalized spacial score (nSPS) is 18.1. The molecule has 0 bridgehead atoms. The van der Waals surface area contributed by atoms with Crippen molar-refractivity contribution in [1.82, 2.24) is 9.80 Å². The highest BCUT2D eigenvalue weighted by molar-refractivity contribution is 5.41. The van der Waals surface area contributed by atoms with Crippen molar-refractivity contribution >= 4 is 0 Å². The van der Waals surface area contributed by atoms with E-state index in [1.165, 1.54) is 5.56 Å². The van der Waals surface area contributed by atoms with Gasteiger partial charge in [-0.05, 0) is 56.0 Å². The Bertz CT molecular complexity index is 738. The standard InChI is InChI=1S/C24H34N2O3/c1-2-29-24-17-21(10-11-23(24)28)18-25-14-15-26(22(19-25)12-16-27)13-6-9-20-7-4-3-5-8-20/h3-5,7-8,10-11,17,22,27-28H,2,6,9,12-16,18-19H2,1H3/t22-/m0/s1. The average Bonchev–Trinajstić information content (AvgIpc) is 2.73. The first kappa shape index (κ1) is 21.6. The number of hydrogen-bond donors (Lipinski definition) is 2. The Balaban J connectivity index is 1.53. The van der Waals surface area contributed by atoms with Crippen LogP contribution in [-0.2, 0) is 13.0 Å². The topological polar surface area (TPSA) is 56.2 Å². The number of hydrogen-bond acceptors (Lipinski definition) is 5. The smallest absolute Gasteiger partial charge is 0.161 e. The Kier molecular flexibility index (Phi) is 8.35. The molecule has 1 saturated heterocycles. The van der Waals surface area contributed by atoms with Gasteiger partial charge in [0.1, 0.15) is 0 Å². The molecule has 0 aliphatic carbocycles. The van der Waals surface area contributed by atoms with Crippen molar-refractivity contribution in [3.8, 4) is 11.5 Å². The summed E-state index contributed by atoms with van der Waals surface area (Å²) >= 11 is 0. The number of aromatic hydroxyl groups is 1. The summed E-state index contributed by atoms with van der Waals surface area (Å²) in [4.78, 5) is 4.98. The molecule has 0 unspecified atom stereocenters. The number of phenolic OH excluding ortho intramolecular Hbond substituents is 1. The minimum Gasteiger partial charge on any atom is -0.504 e. The Morgan fingerprint density at radius 1 is 1.07 bits per heavy atom. The van der Waals surface area contributed by atoms with Gasteiger partial charge in [-0.1, -0.05) is 36.4 Å². The Hall–Kier alpha value is -2.08. The molecule has 1 aliphatic heterocycles. The van der Waals surface area contributed by atoms with Crippen LogP contribution in [0, 0.1) is 0 Å². The van der Waals surface area contributed by atoms with Gasteiger partial charge in [0, 0.05) is 38.8 Å².